The average molecular weight is 435 g/mol. The summed E-state index contributed by atoms with van der Waals surface area (Å²) >= 11 is 3.59. The van der Waals surface area contributed by atoms with E-state index in [1.54, 1.807) is 6.07 Å². The number of benzene rings is 2. The van der Waals surface area contributed by atoms with E-state index in [-0.39, 0.29) is 5.91 Å². The number of hydrogen-bond acceptors (Lipinski definition) is 4. The van der Waals surface area contributed by atoms with Crippen molar-refractivity contribution in [3.63, 3.8) is 0 Å². The van der Waals surface area contributed by atoms with E-state index in [1.165, 1.54) is 22.5 Å². The van der Waals surface area contributed by atoms with Crippen LogP contribution in [0.3, 0.4) is 0 Å². The number of nitrogens with one attached hydrogen (secondary N) is 1. The van der Waals surface area contributed by atoms with E-state index >= 15 is 0 Å². The van der Waals surface area contributed by atoms with Gasteiger partial charge in [-0.2, -0.15) is 0 Å². The normalized spacial score (nSPS) is 10.5. The highest BCUT2D eigenvalue weighted by molar-refractivity contribution is 14.1. The summed E-state index contributed by atoms with van der Waals surface area (Å²) in [6, 6.07) is 15.8. The molecule has 0 unspecified atom stereocenters. The molecule has 116 valence electrons. The van der Waals surface area contributed by atoms with Gasteiger partial charge in [0.1, 0.15) is 5.01 Å². The predicted octanol–water partition coefficient (Wildman–Crippen LogP) is 4.29. The third kappa shape index (κ3) is 4.35. The first-order valence-corrected chi connectivity index (χ1v) is 8.94. The number of nitrogens with zero attached hydrogens (tertiary/aromatic N) is 2. The zero-order valence-electron chi connectivity index (χ0n) is 12.4. The molecule has 0 spiro atoms. The smallest absolute Gasteiger partial charge is 0.257 e. The van der Waals surface area contributed by atoms with Crippen LogP contribution in [0.2, 0.25) is 0 Å². The molecular formula is C17H14IN3OS. The number of aromatic nitrogens is 2. The van der Waals surface area contributed by atoms with Gasteiger partial charge in [-0.1, -0.05) is 47.2 Å². The molecule has 23 heavy (non-hydrogen) atoms. The average Bonchev–Trinajstić information content (AvgIpc) is 2.96. The van der Waals surface area contributed by atoms with Crippen LogP contribution >= 0.6 is 33.9 Å². The largest absolute Gasteiger partial charge is 0.296 e. The second-order valence-electron chi connectivity index (χ2n) is 5.13. The Balaban J connectivity index is 1.67. The molecule has 0 aliphatic carbocycles. The molecule has 3 aromatic rings. The monoisotopic (exact) mass is 435 g/mol. The first-order valence-electron chi connectivity index (χ1n) is 7.05. The van der Waals surface area contributed by atoms with Crippen LogP contribution in [-0.4, -0.2) is 16.1 Å². The number of anilines is 1. The Morgan fingerprint density at radius 3 is 2.70 bits per heavy atom. The van der Waals surface area contributed by atoms with Gasteiger partial charge >= 0.3 is 0 Å². The van der Waals surface area contributed by atoms with Gasteiger partial charge < -0.3 is 0 Å². The zero-order chi connectivity index (χ0) is 16.2. The van der Waals surface area contributed by atoms with Gasteiger partial charge in [0.25, 0.3) is 5.91 Å². The fourth-order valence-corrected chi connectivity index (χ4v) is 3.37. The van der Waals surface area contributed by atoms with Crippen molar-refractivity contribution in [2.45, 2.75) is 13.3 Å². The molecule has 1 aromatic heterocycles. The quantitative estimate of drug-likeness (QED) is 0.622. The second kappa shape index (κ2) is 7.18. The molecule has 1 heterocycles. The minimum Gasteiger partial charge on any atom is -0.296 e. The molecule has 1 N–H and O–H groups in total. The lowest BCUT2D eigenvalue weighted by Gasteiger charge is -2.01. The summed E-state index contributed by atoms with van der Waals surface area (Å²) in [4.78, 5) is 12.2. The number of rotatable bonds is 4. The zero-order valence-corrected chi connectivity index (χ0v) is 15.4. The maximum atomic E-state index is 12.2. The van der Waals surface area contributed by atoms with Crippen LogP contribution in [0, 0.1) is 10.5 Å². The molecule has 0 radical (unpaired) electrons. The molecule has 0 saturated carbocycles. The summed E-state index contributed by atoms with van der Waals surface area (Å²) in [6.07, 6.45) is 0.719. The van der Waals surface area contributed by atoms with Gasteiger partial charge in [-0.25, -0.2) is 0 Å². The molecule has 0 fully saturated rings. The van der Waals surface area contributed by atoms with Gasteiger partial charge in [0.15, 0.2) is 0 Å². The highest BCUT2D eigenvalue weighted by atomic mass is 127. The van der Waals surface area contributed by atoms with E-state index in [0.29, 0.717) is 10.7 Å². The lowest BCUT2D eigenvalue weighted by Crippen LogP contribution is -2.11. The standard InChI is InChI=1S/C17H14IN3OS/c1-11-5-7-12(8-6-11)9-15-20-21-17(23-15)19-16(22)13-3-2-4-14(18)10-13/h2-8,10H,9H2,1H3,(H,19,21,22). The second-order valence-corrected chi connectivity index (χ2v) is 7.44. The van der Waals surface area contributed by atoms with Crippen molar-refractivity contribution in [1.29, 1.82) is 0 Å². The van der Waals surface area contributed by atoms with Crippen molar-refractivity contribution in [3.05, 3.63) is 73.8 Å². The molecule has 0 saturated heterocycles. The first-order chi connectivity index (χ1) is 11.1. The van der Waals surface area contributed by atoms with Crippen LogP contribution in [0.25, 0.3) is 0 Å². The number of halogens is 1. The number of amides is 1. The van der Waals surface area contributed by atoms with Gasteiger partial charge in [0.05, 0.1) is 0 Å². The fourth-order valence-electron chi connectivity index (χ4n) is 2.06. The van der Waals surface area contributed by atoms with E-state index in [2.05, 4.69) is 69.3 Å². The Morgan fingerprint density at radius 2 is 1.96 bits per heavy atom. The summed E-state index contributed by atoms with van der Waals surface area (Å²) in [5.74, 6) is -0.165. The van der Waals surface area contributed by atoms with Crippen LogP contribution in [0.4, 0.5) is 5.13 Å². The molecule has 4 nitrogen and oxygen atoms in total. The van der Waals surface area contributed by atoms with Crippen molar-refractivity contribution < 1.29 is 4.79 Å². The molecular weight excluding hydrogens is 421 g/mol. The molecule has 0 atom stereocenters. The highest BCUT2D eigenvalue weighted by Crippen LogP contribution is 2.20. The fraction of sp³-hybridized carbons (Fsp3) is 0.118. The van der Waals surface area contributed by atoms with Crippen LogP contribution in [0.5, 0.6) is 0 Å². The SMILES string of the molecule is Cc1ccc(Cc2nnc(NC(=O)c3cccc(I)c3)s2)cc1. The van der Waals surface area contributed by atoms with Crippen LogP contribution in [-0.2, 0) is 6.42 Å². The molecule has 2 aromatic carbocycles. The van der Waals surface area contributed by atoms with Crippen molar-refractivity contribution in [2.75, 3.05) is 5.32 Å². The van der Waals surface area contributed by atoms with Crippen LogP contribution in [0.1, 0.15) is 26.5 Å². The predicted molar refractivity (Wildman–Crippen MR) is 101 cm³/mol. The van der Waals surface area contributed by atoms with Crippen molar-refractivity contribution in [2.24, 2.45) is 0 Å². The molecule has 3 rings (SSSR count). The van der Waals surface area contributed by atoms with Gasteiger partial charge in [-0.05, 0) is 53.3 Å². The summed E-state index contributed by atoms with van der Waals surface area (Å²) in [6.45, 7) is 2.06. The Morgan fingerprint density at radius 1 is 1.17 bits per heavy atom. The summed E-state index contributed by atoms with van der Waals surface area (Å²) in [5.41, 5.74) is 3.03. The first kappa shape index (κ1) is 16.1. The lowest BCUT2D eigenvalue weighted by atomic mass is 10.1. The summed E-state index contributed by atoms with van der Waals surface area (Å²) < 4.78 is 1.02. The third-order valence-corrected chi connectivity index (χ3v) is 4.76. The van der Waals surface area contributed by atoms with E-state index in [1.807, 2.05) is 18.2 Å². The van der Waals surface area contributed by atoms with Gasteiger partial charge in [-0.3, -0.25) is 10.1 Å². The van der Waals surface area contributed by atoms with Crippen molar-refractivity contribution >= 4 is 45.0 Å². The van der Waals surface area contributed by atoms with E-state index < -0.39 is 0 Å². The molecule has 0 aliphatic heterocycles. The van der Waals surface area contributed by atoms with Gasteiger partial charge in [0.2, 0.25) is 5.13 Å². The van der Waals surface area contributed by atoms with E-state index in [0.717, 1.165) is 15.0 Å². The highest BCUT2D eigenvalue weighted by Gasteiger charge is 2.10. The number of aryl methyl sites for hydroxylation is 1. The lowest BCUT2D eigenvalue weighted by molar-refractivity contribution is 0.102. The Bertz CT molecular complexity index is 830. The molecule has 6 heteroatoms. The maximum absolute atomic E-state index is 12.2. The van der Waals surface area contributed by atoms with Crippen LogP contribution < -0.4 is 5.32 Å². The summed E-state index contributed by atoms with van der Waals surface area (Å²) in [7, 11) is 0. The minimum atomic E-state index is -0.165. The molecule has 0 bridgehead atoms. The van der Waals surface area contributed by atoms with E-state index in [9.17, 15) is 4.79 Å². The van der Waals surface area contributed by atoms with Gasteiger partial charge in [-0.15, -0.1) is 10.2 Å². The van der Waals surface area contributed by atoms with Crippen molar-refractivity contribution in [1.82, 2.24) is 10.2 Å². The van der Waals surface area contributed by atoms with Gasteiger partial charge in [0, 0.05) is 15.6 Å². The summed E-state index contributed by atoms with van der Waals surface area (Å²) in [5, 5.41) is 12.4. The Labute approximate surface area is 152 Å². The molecule has 0 aliphatic rings. The maximum Gasteiger partial charge on any atom is 0.257 e. The number of carbonyl (C=O) groups is 1. The topological polar surface area (TPSA) is 54.9 Å². The number of hydrogen-bond donors (Lipinski definition) is 1. The molecule has 1 amide bonds. The van der Waals surface area contributed by atoms with E-state index in [4.69, 9.17) is 0 Å². The Kier molecular flexibility index (Phi) is 5.02. The minimum absolute atomic E-state index is 0.165. The third-order valence-electron chi connectivity index (χ3n) is 3.25. The Hall–Kier alpha value is -1.80. The van der Waals surface area contributed by atoms with Crippen LogP contribution in [0.15, 0.2) is 48.5 Å². The van der Waals surface area contributed by atoms with Crippen molar-refractivity contribution in [3.8, 4) is 0 Å². The number of carbonyl (C=O) groups excluding carboxylic acids is 1.